The van der Waals surface area contributed by atoms with Crippen molar-refractivity contribution < 1.29 is 0 Å². The zero-order valence-corrected chi connectivity index (χ0v) is 9.79. The zero-order valence-electron chi connectivity index (χ0n) is 9.79. The van der Waals surface area contributed by atoms with Gasteiger partial charge in [0.2, 0.25) is 0 Å². The highest BCUT2D eigenvalue weighted by Crippen LogP contribution is 2.28. The van der Waals surface area contributed by atoms with Crippen LogP contribution in [0.3, 0.4) is 0 Å². The van der Waals surface area contributed by atoms with Gasteiger partial charge < -0.3 is 5.32 Å². The lowest BCUT2D eigenvalue weighted by molar-refractivity contribution is 0.00424. The normalized spacial score (nSPS) is 36.0. The van der Waals surface area contributed by atoms with Crippen LogP contribution in [0.5, 0.6) is 0 Å². The molecule has 2 nitrogen and oxygen atoms in total. The van der Waals surface area contributed by atoms with Crippen LogP contribution < -0.4 is 5.32 Å². The maximum Gasteiger partial charge on any atom is 0.0247 e. The highest BCUT2D eigenvalue weighted by Gasteiger charge is 2.36. The number of nitrogens with one attached hydrogen (secondary N) is 1. The van der Waals surface area contributed by atoms with Gasteiger partial charge in [-0.05, 0) is 38.1 Å². The van der Waals surface area contributed by atoms with Crippen molar-refractivity contribution >= 4 is 0 Å². The molecule has 14 heavy (non-hydrogen) atoms. The van der Waals surface area contributed by atoms with Crippen molar-refractivity contribution in [1.82, 2.24) is 10.2 Å². The van der Waals surface area contributed by atoms with Gasteiger partial charge in [-0.1, -0.05) is 13.8 Å². The van der Waals surface area contributed by atoms with Crippen molar-refractivity contribution in [3.63, 3.8) is 0 Å². The van der Waals surface area contributed by atoms with Crippen LogP contribution in [-0.2, 0) is 0 Å². The van der Waals surface area contributed by atoms with Gasteiger partial charge >= 0.3 is 0 Å². The summed E-state index contributed by atoms with van der Waals surface area (Å²) in [6.07, 6.45) is 2.76. The first kappa shape index (κ1) is 10.4. The number of hydrogen-bond acceptors (Lipinski definition) is 2. The largest absolute Gasteiger partial charge is 0.313 e. The molecular formula is C12H24N2. The second-order valence-electron chi connectivity index (χ2n) is 5.41. The van der Waals surface area contributed by atoms with Crippen LogP contribution in [0.25, 0.3) is 0 Å². The lowest BCUT2D eigenvalue weighted by Crippen LogP contribution is -2.60. The minimum absolute atomic E-state index is 0.705. The molecule has 2 heteroatoms. The molecule has 0 aliphatic carbocycles. The molecule has 2 heterocycles. The Morgan fingerprint density at radius 3 is 2.57 bits per heavy atom. The average Bonchev–Trinajstić information content (AvgIpc) is 2.05. The van der Waals surface area contributed by atoms with Gasteiger partial charge in [0.15, 0.2) is 0 Å². The molecule has 1 N–H and O–H groups in total. The van der Waals surface area contributed by atoms with Crippen molar-refractivity contribution in [3.05, 3.63) is 0 Å². The second-order valence-corrected chi connectivity index (χ2v) is 5.41. The SMILES string of the molecule is CC(C)C1CN([C@@H]2CCCN[C@@H]2C)C1. The molecule has 2 fully saturated rings. The van der Waals surface area contributed by atoms with E-state index in [0.717, 1.165) is 17.9 Å². The van der Waals surface area contributed by atoms with Crippen molar-refractivity contribution in [1.29, 1.82) is 0 Å². The van der Waals surface area contributed by atoms with Crippen LogP contribution in [0.1, 0.15) is 33.6 Å². The van der Waals surface area contributed by atoms with Crippen LogP contribution >= 0.6 is 0 Å². The standard InChI is InChI=1S/C12H24N2/c1-9(2)11-7-14(8-11)12-5-4-6-13-10(12)3/h9-13H,4-8H2,1-3H3/t10-,12-/m1/s1. The Kier molecular flexibility index (Phi) is 3.13. The Morgan fingerprint density at radius 2 is 2.00 bits per heavy atom. The van der Waals surface area contributed by atoms with E-state index in [0.29, 0.717) is 6.04 Å². The van der Waals surface area contributed by atoms with Crippen molar-refractivity contribution in [3.8, 4) is 0 Å². The summed E-state index contributed by atoms with van der Waals surface area (Å²) in [4.78, 5) is 2.68. The number of likely N-dealkylation sites (tertiary alicyclic amines) is 1. The van der Waals surface area contributed by atoms with Crippen LogP contribution in [0.15, 0.2) is 0 Å². The van der Waals surface area contributed by atoms with E-state index in [1.54, 1.807) is 0 Å². The quantitative estimate of drug-likeness (QED) is 0.723. The van der Waals surface area contributed by atoms with Gasteiger partial charge in [0.1, 0.15) is 0 Å². The number of rotatable bonds is 2. The maximum absolute atomic E-state index is 3.58. The average molecular weight is 196 g/mol. The molecule has 0 unspecified atom stereocenters. The predicted molar refractivity (Wildman–Crippen MR) is 60.4 cm³/mol. The molecular weight excluding hydrogens is 172 g/mol. The van der Waals surface area contributed by atoms with Gasteiger partial charge in [0, 0.05) is 25.2 Å². The minimum Gasteiger partial charge on any atom is -0.313 e. The Balaban J connectivity index is 1.80. The Bertz CT molecular complexity index is 185. The summed E-state index contributed by atoms with van der Waals surface area (Å²) >= 11 is 0. The van der Waals surface area contributed by atoms with Gasteiger partial charge in [-0.2, -0.15) is 0 Å². The third-order valence-electron chi connectivity index (χ3n) is 4.07. The molecule has 2 aliphatic heterocycles. The van der Waals surface area contributed by atoms with Gasteiger partial charge in [0.05, 0.1) is 0 Å². The highest BCUT2D eigenvalue weighted by atomic mass is 15.2. The molecule has 2 rings (SSSR count). The molecule has 0 saturated carbocycles. The molecule has 0 bridgehead atoms. The smallest absolute Gasteiger partial charge is 0.0247 e. The summed E-state index contributed by atoms with van der Waals surface area (Å²) in [5.74, 6) is 1.84. The van der Waals surface area contributed by atoms with Crippen molar-refractivity contribution in [2.45, 2.75) is 45.7 Å². The van der Waals surface area contributed by atoms with Crippen LogP contribution in [0.4, 0.5) is 0 Å². The van der Waals surface area contributed by atoms with Crippen molar-refractivity contribution in [2.24, 2.45) is 11.8 Å². The van der Waals surface area contributed by atoms with Crippen molar-refractivity contribution in [2.75, 3.05) is 19.6 Å². The molecule has 82 valence electrons. The van der Waals surface area contributed by atoms with E-state index in [1.165, 1.54) is 32.5 Å². The van der Waals surface area contributed by atoms with Crippen LogP contribution in [0.2, 0.25) is 0 Å². The van der Waals surface area contributed by atoms with E-state index in [1.807, 2.05) is 0 Å². The number of piperidine rings is 1. The van der Waals surface area contributed by atoms with E-state index in [9.17, 15) is 0 Å². The van der Waals surface area contributed by atoms with E-state index in [-0.39, 0.29) is 0 Å². The monoisotopic (exact) mass is 196 g/mol. The summed E-state index contributed by atoms with van der Waals surface area (Å²) in [6, 6.07) is 1.52. The van der Waals surface area contributed by atoms with Gasteiger partial charge in [-0.25, -0.2) is 0 Å². The second kappa shape index (κ2) is 4.19. The molecule has 2 saturated heterocycles. The summed E-state index contributed by atoms with van der Waals surface area (Å²) in [6.45, 7) is 10.9. The van der Waals surface area contributed by atoms with E-state index in [2.05, 4.69) is 31.0 Å². The molecule has 2 atom stereocenters. The summed E-state index contributed by atoms with van der Waals surface area (Å²) < 4.78 is 0. The zero-order chi connectivity index (χ0) is 10.1. The molecule has 0 radical (unpaired) electrons. The lowest BCUT2D eigenvalue weighted by atomic mass is 9.84. The number of nitrogens with zero attached hydrogens (tertiary/aromatic N) is 1. The van der Waals surface area contributed by atoms with Gasteiger partial charge in [-0.3, -0.25) is 4.90 Å². The first-order valence-corrected chi connectivity index (χ1v) is 6.16. The maximum atomic E-state index is 3.58. The van der Waals surface area contributed by atoms with Crippen LogP contribution in [-0.4, -0.2) is 36.6 Å². The molecule has 0 spiro atoms. The van der Waals surface area contributed by atoms with E-state index in [4.69, 9.17) is 0 Å². The van der Waals surface area contributed by atoms with Gasteiger partial charge in [0.25, 0.3) is 0 Å². The third-order valence-corrected chi connectivity index (χ3v) is 4.07. The minimum atomic E-state index is 0.705. The van der Waals surface area contributed by atoms with Crippen LogP contribution in [0, 0.1) is 11.8 Å². The fourth-order valence-corrected chi connectivity index (χ4v) is 2.77. The first-order valence-electron chi connectivity index (χ1n) is 6.16. The summed E-state index contributed by atoms with van der Waals surface area (Å²) in [5.41, 5.74) is 0. The topological polar surface area (TPSA) is 15.3 Å². The predicted octanol–water partition coefficient (Wildman–Crippen LogP) is 1.71. The molecule has 0 aromatic heterocycles. The van der Waals surface area contributed by atoms with E-state index >= 15 is 0 Å². The molecule has 0 aromatic carbocycles. The first-order chi connectivity index (χ1) is 6.68. The Hall–Kier alpha value is -0.0800. The molecule has 2 aliphatic rings. The molecule has 0 amide bonds. The van der Waals surface area contributed by atoms with E-state index < -0.39 is 0 Å². The number of hydrogen-bond donors (Lipinski definition) is 1. The summed E-state index contributed by atoms with van der Waals surface area (Å²) in [5, 5.41) is 3.58. The van der Waals surface area contributed by atoms with Gasteiger partial charge in [-0.15, -0.1) is 0 Å². The lowest BCUT2D eigenvalue weighted by Gasteiger charge is -2.49. The fourth-order valence-electron chi connectivity index (χ4n) is 2.77. The summed E-state index contributed by atoms with van der Waals surface area (Å²) in [7, 11) is 0. The molecule has 0 aromatic rings. The highest BCUT2D eigenvalue weighted by molar-refractivity contribution is 4.93. The third kappa shape index (κ3) is 1.96. The fraction of sp³-hybridized carbons (Fsp3) is 1.00. The Morgan fingerprint density at radius 1 is 1.29 bits per heavy atom. The Labute approximate surface area is 88.1 Å².